The highest BCUT2D eigenvalue weighted by Gasteiger charge is 2.31. The van der Waals surface area contributed by atoms with E-state index in [0.717, 1.165) is 0 Å². The van der Waals surface area contributed by atoms with E-state index in [0.29, 0.717) is 10.0 Å². The van der Waals surface area contributed by atoms with Gasteiger partial charge in [0.05, 0.1) is 6.21 Å². The zero-order valence-corrected chi connectivity index (χ0v) is 8.84. The maximum atomic E-state index is 11.9. The summed E-state index contributed by atoms with van der Waals surface area (Å²) in [5, 5.41) is 3.20. The van der Waals surface area contributed by atoms with Gasteiger partial charge in [0.2, 0.25) is 0 Å². The molecule has 82 valence electrons. The summed E-state index contributed by atoms with van der Waals surface area (Å²) in [6.45, 7) is 0. The van der Waals surface area contributed by atoms with E-state index in [-0.39, 0.29) is 5.75 Å². The second-order valence-corrected chi connectivity index (χ2v) is 3.46. The number of nitrogens with zero attached hydrogens (tertiary/aromatic N) is 1. The lowest BCUT2D eigenvalue weighted by Crippen LogP contribution is -2.17. The molecule has 0 aliphatic carbocycles. The monoisotopic (exact) mass is 282 g/mol. The minimum absolute atomic E-state index is 0.327. The molecular weight excluding hydrogens is 277 g/mol. The molecule has 0 aromatic heterocycles. The first-order valence-corrected chi connectivity index (χ1v) is 4.49. The zero-order chi connectivity index (χ0) is 11.5. The highest BCUT2D eigenvalue weighted by atomic mass is 79.9. The van der Waals surface area contributed by atoms with Crippen LogP contribution in [0.3, 0.4) is 0 Å². The summed E-state index contributed by atoms with van der Waals surface area (Å²) in [6.07, 6.45) is -3.49. The first-order chi connectivity index (χ1) is 6.90. The van der Waals surface area contributed by atoms with Gasteiger partial charge in [-0.15, -0.1) is 13.2 Å². The molecular formula is C8H6BrF3N2O. The van der Waals surface area contributed by atoms with Gasteiger partial charge in [0, 0.05) is 4.47 Å². The van der Waals surface area contributed by atoms with Crippen molar-refractivity contribution < 1.29 is 17.9 Å². The normalized spacial score (nSPS) is 12.0. The van der Waals surface area contributed by atoms with Crippen LogP contribution in [0.2, 0.25) is 0 Å². The van der Waals surface area contributed by atoms with E-state index in [4.69, 9.17) is 5.84 Å². The van der Waals surface area contributed by atoms with Crippen LogP contribution in [-0.4, -0.2) is 12.6 Å². The number of alkyl halides is 3. The fourth-order valence-electron chi connectivity index (χ4n) is 0.938. The summed E-state index contributed by atoms with van der Waals surface area (Å²) in [5.41, 5.74) is 0.408. The Morgan fingerprint density at radius 1 is 1.33 bits per heavy atom. The number of nitrogens with two attached hydrogens (primary N) is 1. The molecule has 0 aliphatic rings. The molecule has 3 nitrogen and oxygen atoms in total. The van der Waals surface area contributed by atoms with E-state index in [1.54, 1.807) is 6.07 Å². The largest absolute Gasteiger partial charge is 0.573 e. The summed E-state index contributed by atoms with van der Waals surface area (Å²) < 4.78 is 39.9. The summed E-state index contributed by atoms with van der Waals surface area (Å²) in [6, 6.07) is 3.93. The third-order valence-corrected chi connectivity index (χ3v) is 1.81. The quantitative estimate of drug-likeness (QED) is 0.515. The van der Waals surface area contributed by atoms with Gasteiger partial charge < -0.3 is 10.6 Å². The molecule has 0 spiro atoms. The second kappa shape index (κ2) is 4.52. The molecule has 0 amide bonds. The summed E-state index contributed by atoms with van der Waals surface area (Å²) in [4.78, 5) is 0. The van der Waals surface area contributed by atoms with Crippen molar-refractivity contribution in [2.45, 2.75) is 6.36 Å². The molecule has 1 aromatic carbocycles. The van der Waals surface area contributed by atoms with Crippen LogP contribution < -0.4 is 10.6 Å². The van der Waals surface area contributed by atoms with Crippen molar-refractivity contribution in [3.05, 3.63) is 28.2 Å². The predicted octanol–water partition coefficient (Wildman–Crippen LogP) is 2.64. The molecule has 0 bridgehead atoms. The molecule has 0 heterocycles. The number of halogens is 4. The number of ether oxygens (including phenoxy) is 1. The number of hydrogen-bond donors (Lipinski definition) is 1. The Kier molecular flexibility index (Phi) is 3.57. The zero-order valence-electron chi connectivity index (χ0n) is 7.25. The summed E-state index contributed by atoms with van der Waals surface area (Å²) in [7, 11) is 0. The Labute approximate surface area is 91.8 Å². The lowest BCUT2D eigenvalue weighted by molar-refractivity contribution is -0.274. The topological polar surface area (TPSA) is 47.6 Å². The molecule has 0 unspecified atom stereocenters. The smallest absolute Gasteiger partial charge is 0.406 e. The van der Waals surface area contributed by atoms with Crippen LogP contribution in [0.25, 0.3) is 0 Å². The van der Waals surface area contributed by atoms with Crippen molar-refractivity contribution in [3.8, 4) is 5.75 Å². The van der Waals surface area contributed by atoms with Gasteiger partial charge in [-0.2, -0.15) is 5.10 Å². The average Bonchev–Trinajstić information content (AvgIpc) is 1.99. The number of rotatable bonds is 2. The first kappa shape index (κ1) is 11.8. The van der Waals surface area contributed by atoms with Gasteiger partial charge in [-0.3, -0.25) is 0 Å². The Bertz CT molecular complexity index is 379. The molecule has 0 atom stereocenters. The molecule has 15 heavy (non-hydrogen) atoms. The molecule has 0 aliphatic heterocycles. The summed E-state index contributed by atoms with van der Waals surface area (Å²) in [5.74, 6) is 4.55. The van der Waals surface area contributed by atoms with E-state index >= 15 is 0 Å². The van der Waals surface area contributed by atoms with Crippen molar-refractivity contribution in [2.24, 2.45) is 10.9 Å². The molecule has 1 rings (SSSR count). The number of hydrogen-bond acceptors (Lipinski definition) is 3. The maximum Gasteiger partial charge on any atom is 0.573 e. The Morgan fingerprint density at radius 2 is 2.00 bits per heavy atom. The summed E-state index contributed by atoms with van der Waals surface area (Å²) >= 11 is 3.04. The lowest BCUT2D eigenvalue weighted by atomic mass is 10.2. The van der Waals surface area contributed by atoms with Crippen molar-refractivity contribution in [2.75, 3.05) is 0 Å². The Morgan fingerprint density at radius 3 is 2.53 bits per heavy atom. The van der Waals surface area contributed by atoms with Crippen molar-refractivity contribution in [1.29, 1.82) is 0 Å². The molecule has 2 N–H and O–H groups in total. The van der Waals surface area contributed by atoms with Crippen LogP contribution >= 0.6 is 15.9 Å². The van der Waals surface area contributed by atoms with Crippen molar-refractivity contribution in [1.82, 2.24) is 0 Å². The fourth-order valence-corrected chi connectivity index (χ4v) is 1.43. The average molecular weight is 283 g/mol. The minimum Gasteiger partial charge on any atom is -0.406 e. The molecule has 0 saturated carbocycles. The molecule has 0 fully saturated rings. The van der Waals surface area contributed by atoms with Crippen LogP contribution in [0.1, 0.15) is 5.56 Å². The Hall–Kier alpha value is -1.24. The third kappa shape index (κ3) is 4.20. The van der Waals surface area contributed by atoms with Gasteiger partial charge in [0.25, 0.3) is 0 Å². The number of benzene rings is 1. The van der Waals surface area contributed by atoms with Gasteiger partial charge in [-0.1, -0.05) is 15.9 Å². The van der Waals surface area contributed by atoms with Crippen LogP contribution in [-0.2, 0) is 0 Å². The van der Waals surface area contributed by atoms with Gasteiger partial charge in [-0.25, -0.2) is 0 Å². The van der Waals surface area contributed by atoms with Gasteiger partial charge in [-0.05, 0) is 23.8 Å². The van der Waals surface area contributed by atoms with E-state index < -0.39 is 6.36 Å². The third-order valence-electron chi connectivity index (χ3n) is 1.35. The highest BCUT2D eigenvalue weighted by molar-refractivity contribution is 9.10. The van der Waals surface area contributed by atoms with E-state index in [2.05, 4.69) is 25.8 Å². The van der Waals surface area contributed by atoms with Crippen LogP contribution in [0.15, 0.2) is 27.8 Å². The molecule has 7 heteroatoms. The van der Waals surface area contributed by atoms with E-state index in [1.165, 1.54) is 18.3 Å². The van der Waals surface area contributed by atoms with Crippen LogP contribution in [0.5, 0.6) is 5.75 Å². The standard InChI is InChI=1S/C8H6BrF3N2O/c9-6-1-5(4-14-13)2-7(3-6)15-8(10,11)12/h1-4H,13H2. The second-order valence-electron chi connectivity index (χ2n) is 2.55. The van der Waals surface area contributed by atoms with Gasteiger partial charge in [0.15, 0.2) is 0 Å². The Balaban J connectivity index is 2.99. The molecule has 1 aromatic rings. The predicted molar refractivity (Wildman–Crippen MR) is 52.6 cm³/mol. The maximum absolute atomic E-state index is 11.9. The van der Waals surface area contributed by atoms with E-state index in [1.807, 2.05) is 0 Å². The van der Waals surface area contributed by atoms with Gasteiger partial charge >= 0.3 is 6.36 Å². The van der Waals surface area contributed by atoms with Gasteiger partial charge in [0.1, 0.15) is 5.75 Å². The van der Waals surface area contributed by atoms with Crippen molar-refractivity contribution in [3.63, 3.8) is 0 Å². The van der Waals surface area contributed by atoms with Crippen LogP contribution in [0.4, 0.5) is 13.2 Å². The minimum atomic E-state index is -4.71. The highest BCUT2D eigenvalue weighted by Crippen LogP contribution is 2.26. The molecule has 0 radical (unpaired) electrons. The lowest BCUT2D eigenvalue weighted by Gasteiger charge is -2.09. The fraction of sp³-hybridized carbons (Fsp3) is 0.125. The molecule has 0 saturated heterocycles. The van der Waals surface area contributed by atoms with Crippen LogP contribution in [0, 0.1) is 0 Å². The SMILES string of the molecule is NN=Cc1cc(Br)cc(OC(F)(F)F)c1. The number of hydrazone groups is 1. The first-order valence-electron chi connectivity index (χ1n) is 3.70. The van der Waals surface area contributed by atoms with Crippen molar-refractivity contribution >= 4 is 22.1 Å². The van der Waals surface area contributed by atoms with E-state index in [9.17, 15) is 13.2 Å².